The van der Waals surface area contributed by atoms with Gasteiger partial charge in [-0.3, -0.25) is 37.3 Å². The molecule has 6 atom stereocenters. The van der Waals surface area contributed by atoms with Crippen molar-refractivity contribution in [3.8, 4) is 0 Å². The summed E-state index contributed by atoms with van der Waals surface area (Å²) in [5.74, 6) is -0.493. The second-order valence-electron chi connectivity index (χ2n) is 32.7. The van der Waals surface area contributed by atoms with Gasteiger partial charge in [0.25, 0.3) is 0 Å². The molecule has 0 spiro atoms. The van der Waals surface area contributed by atoms with E-state index in [1.54, 1.807) is 0 Å². The third kappa shape index (κ3) is 80.7. The topological polar surface area (TPSA) is 237 Å². The molecule has 3 unspecified atom stereocenters. The lowest BCUT2D eigenvalue weighted by atomic mass is 9.99. The second-order valence-corrected chi connectivity index (χ2v) is 35.6. The summed E-state index contributed by atoms with van der Waals surface area (Å²) in [4.78, 5) is 73.3. The SMILES string of the molecule is CCCCCCCCCCCCCCCCCCCCCCCCC(=O)OC[C@H](COP(=O)(O)OC[C@@H](O)COP(=O)(O)OC[C@@H](COC(=O)CCCCCCCCCCCCCC)OC(=O)CCCCCCCCCCCC(C)C)OC(=O)CCCCCCCCCCCCCCCCCCCCC(C)CC. The van der Waals surface area contributed by atoms with Crippen LogP contribution in [0.3, 0.4) is 0 Å². The second kappa shape index (κ2) is 80.3. The maximum Gasteiger partial charge on any atom is 0.472 e. The van der Waals surface area contributed by atoms with E-state index in [1.165, 1.54) is 295 Å². The number of aliphatic hydroxyl groups excluding tert-OH is 1. The molecule has 0 saturated carbocycles. The van der Waals surface area contributed by atoms with Gasteiger partial charge < -0.3 is 33.8 Å². The summed E-state index contributed by atoms with van der Waals surface area (Å²) in [6.45, 7) is 9.72. The van der Waals surface area contributed by atoms with Crippen LogP contribution in [0.15, 0.2) is 0 Å². The first kappa shape index (κ1) is 106. The predicted molar refractivity (Wildman–Crippen MR) is 446 cm³/mol. The number of rotatable bonds is 88. The molecule has 0 heterocycles. The molecule has 0 saturated heterocycles. The van der Waals surface area contributed by atoms with Gasteiger partial charge in [0.1, 0.15) is 19.3 Å². The van der Waals surface area contributed by atoms with E-state index >= 15 is 0 Å². The molecule has 0 fully saturated rings. The van der Waals surface area contributed by atoms with Crippen molar-refractivity contribution in [2.45, 2.75) is 496 Å². The van der Waals surface area contributed by atoms with E-state index in [4.69, 9.17) is 37.0 Å². The Balaban J connectivity index is 5.20. The summed E-state index contributed by atoms with van der Waals surface area (Å²) < 4.78 is 68.9. The number of esters is 4. The lowest BCUT2D eigenvalue weighted by molar-refractivity contribution is -0.161. The van der Waals surface area contributed by atoms with Crippen molar-refractivity contribution in [3.63, 3.8) is 0 Å². The van der Waals surface area contributed by atoms with Gasteiger partial charge in [0, 0.05) is 25.7 Å². The number of carbonyl (C=O) groups is 4. The van der Waals surface area contributed by atoms with Crippen LogP contribution in [0.5, 0.6) is 0 Å². The molecule has 0 rings (SSSR count). The van der Waals surface area contributed by atoms with Crippen LogP contribution < -0.4 is 0 Å². The number of phosphoric acid groups is 2. The zero-order valence-corrected chi connectivity index (χ0v) is 73.0. The molecule has 0 radical (unpaired) electrons. The molecule has 0 aromatic carbocycles. The Morgan fingerprint density at radius 3 is 0.704 bits per heavy atom. The Bertz CT molecular complexity index is 2070. The third-order valence-electron chi connectivity index (χ3n) is 21.3. The van der Waals surface area contributed by atoms with Crippen LogP contribution in [-0.4, -0.2) is 96.7 Å². The number of phosphoric ester groups is 2. The molecule has 3 N–H and O–H groups in total. The molecule has 0 aromatic heterocycles. The van der Waals surface area contributed by atoms with Gasteiger partial charge in [-0.1, -0.05) is 427 Å². The summed E-state index contributed by atoms with van der Waals surface area (Å²) >= 11 is 0. The van der Waals surface area contributed by atoms with Crippen LogP contribution in [0.2, 0.25) is 0 Å². The Labute approximate surface area is 664 Å². The maximum absolute atomic E-state index is 13.2. The molecular formula is C89H174O17P2. The first-order chi connectivity index (χ1) is 52.4. The van der Waals surface area contributed by atoms with Crippen LogP contribution in [-0.2, 0) is 65.4 Å². The minimum Gasteiger partial charge on any atom is -0.462 e. The normalized spacial score (nSPS) is 14.0. The molecule has 0 amide bonds. The van der Waals surface area contributed by atoms with Crippen molar-refractivity contribution < 1.29 is 80.2 Å². The van der Waals surface area contributed by atoms with Gasteiger partial charge in [0.2, 0.25) is 0 Å². The largest absolute Gasteiger partial charge is 0.472 e. The van der Waals surface area contributed by atoms with Crippen LogP contribution in [0, 0.1) is 11.8 Å². The molecule has 642 valence electrons. The van der Waals surface area contributed by atoms with E-state index in [1.807, 2.05) is 0 Å². The highest BCUT2D eigenvalue weighted by molar-refractivity contribution is 7.47. The van der Waals surface area contributed by atoms with Crippen LogP contribution in [0.4, 0.5) is 0 Å². The van der Waals surface area contributed by atoms with Crippen molar-refractivity contribution in [2.24, 2.45) is 11.8 Å². The van der Waals surface area contributed by atoms with Crippen molar-refractivity contribution in [2.75, 3.05) is 39.6 Å². The quantitative estimate of drug-likeness (QED) is 0.0222. The van der Waals surface area contributed by atoms with Crippen LogP contribution in [0.25, 0.3) is 0 Å². The zero-order valence-electron chi connectivity index (χ0n) is 71.2. The minimum absolute atomic E-state index is 0.106. The lowest BCUT2D eigenvalue weighted by Gasteiger charge is -2.21. The van der Waals surface area contributed by atoms with E-state index < -0.39 is 97.5 Å². The Hall–Kier alpha value is -1.94. The van der Waals surface area contributed by atoms with Crippen LogP contribution >= 0.6 is 15.6 Å². The third-order valence-corrected chi connectivity index (χ3v) is 23.2. The monoisotopic (exact) mass is 1580 g/mol. The number of carbonyl (C=O) groups excluding carboxylic acids is 4. The molecule has 17 nitrogen and oxygen atoms in total. The molecule has 19 heteroatoms. The molecule has 108 heavy (non-hydrogen) atoms. The van der Waals surface area contributed by atoms with E-state index in [2.05, 4.69) is 41.5 Å². The highest BCUT2D eigenvalue weighted by atomic mass is 31.2. The summed E-state index contributed by atoms with van der Waals surface area (Å²) in [5.41, 5.74) is 0. The lowest BCUT2D eigenvalue weighted by Crippen LogP contribution is -2.30. The van der Waals surface area contributed by atoms with E-state index in [-0.39, 0.29) is 25.7 Å². The van der Waals surface area contributed by atoms with E-state index in [0.29, 0.717) is 25.7 Å². The molecule has 0 aromatic rings. The van der Waals surface area contributed by atoms with Gasteiger partial charge in [0.15, 0.2) is 12.2 Å². The Morgan fingerprint density at radius 2 is 0.472 bits per heavy atom. The first-order valence-corrected chi connectivity index (χ1v) is 49.0. The van der Waals surface area contributed by atoms with Crippen molar-refractivity contribution in [1.82, 2.24) is 0 Å². The van der Waals surface area contributed by atoms with Gasteiger partial charge in [-0.05, 0) is 37.5 Å². The van der Waals surface area contributed by atoms with E-state index in [0.717, 1.165) is 102 Å². The van der Waals surface area contributed by atoms with Gasteiger partial charge in [-0.2, -0.15) is 0 Å². The molecule has 0 aliphatic rings. The summed E-state index contributed by atoms with van der Waals surface area (Å²) in [6, 6.07) is 0. The smallest absolute Gasteiger partial charge is 0.462 e. The van der Waals surface area contributed by atoms with Gasteiger partial charge >= 0.3 is 39.5 Å². The number of aliphatic hydroxyl groups is 1. The summed E-state index contributed by atoms with van der Waals surface area (Å²) in [5, 5.41) is 10.7. The van der Waals surface area contributed by atoms with Gasteiger partial charge in [0.05, 0.1) is 26.4 Å². The van der Waals surface area contributed by atoms with Crippen molar-refractivity contribution in [1.29, 1.82) is 0 Å². The van der Waals surface area contributed by atoms with E-state index in [9.17, 15) is 43.2 Å². The number of hydrogen-bond donors (Lipinski definition) is 3. The number of ether oxygens (including phenoxy) is 4. The first-order valence-electron chi connectivity index (χ1n) is 46.0. The average Bonchev–Trinajstić information content (AvgIpc) is 0.895. The van der Waals surface area contributed by atoms with Gasteiger partial charge in [-0.25, -0.2) is 9.13 Å². The highest BCUT2D eigenvalue weighted by Gasteiger charge is 2.31. The average molecular weight is 1580 g/mol. The van der Waals surface area contributed by atoms with Crippen LogP contribution in [0.1, 0.15) is 478 Å². The highest BCUT2D eigenvalue weighted by Crippen LogP contribution is 2.45. The number of hydrogen-bond acceptors (Lipinski definition) is 15. The summed E-state index contributed by atoms with van der Waals surface area (Å²) in [7, 11) is -9.93. The fourth-order valence-electron chi connectivity index (χ4n) is 13.9. The van der Waals surface area contributed by atoms with Crippen molar-refractivity contribution >= 4 is 39.5 Å². The standard InChI is InChI=1S/C89H174O17P2/c1-7-10-12-14-16-18-20-22-23-24-25-26-27-28-32-35-38-42-48-54-60-66-72-87(92)100-77-84(105-88(93)73-67-61-55-49-43-39-36-33-30-29-31-34-37-40-46-52-58-64-70-82(6)9-3)79-103-107(95,96)101-75-83(90)76-102-108(97,98)104-80-85(106-89(94)74-68-62-56-50-44-45-51-57-63-69-81(4)5)78-99-86(91)71-65-59-53-47-41-21-19-17-15-13-11-8-2/h81-85,90H,7-80H2,1-6H3,(H,95,96)(H,97,98)/t82?,83-,84-,85-/m1/s1. The maximum atomic E-state index is 13.2. The minimum atomic E-state index is -4.97. The summed E-state index contributed by atoms with van der Waals surface area (Å²) in [6.07, 6.45) is 73.7. The Morgan fingerprint density at radius 1 is 0.269 bits per heavy atom. The van der Waals surface area contributed by atoms with Crippen molar-refractivity contribution in [3.05, 3.63) is 0 Å². The van der Waals surface area contributed by atoms with Gasteiger partial charge in [-0.15, -0.1) is 0 Å². The molecule has 0 bridgehead atoms. The predicted octanol–water partition coefficient (Wildman–Crippen LogP) is 27.4. The Kier molecular flexibility index (Phi) is 78.8. The fourth-order valence-corrected chi connectivity index (χ4v) is 15.5. The molecular weight excluding hydrogens is 1400 g/mol. The molecule has 0 aliphatic carbocycles. The number of unbranched alkanes of at least 4 members (excludes halogenated alkanes) is 57. The molecule has 0 aliphatic heterocycles. The zero-order chi connectivity index (χ0) is 79.2. The fraction of sp³-hybridized carbons (Fsp3) is 0.955.